The number of anilines is 1. The lowest BCUT2D eigenvalue weighted by Crippen LogP contribution is -2.23. The molecule has 1 N–H and O–H groups in total. The predicted molar refractivity (Wildman–Crippen MR) is 74.5 cm³/mol. The summed E-state index contributed by atoms with van der Waals surface area (Å²) in [6.45, 7) is 4.88. The monoisotopic (exact) mass is 281 g/mol. The van der Waals surface area contributed by atoms with E-state index in [9.17, 15) is 4.79 Å². The minimum atomic E-state index is -0.280. The second-order valence-electron chi connectivity index (χ2n) is 4.23. The van der Waals surface area contributed by atoms with Crippen LogP contribution in [-0.2, 0) is 20.1 Å². The molecule has 0 radical (unpaired) electrons. The number of aryl methyl sites for hydroxylation is 2. The van der Waals surface area contributed by atoms with Crippen molar-refractivity contribution in [3.8, 4) is 0 Å². The van der Waals surface area contributed by atoms with E-state index in [1.165, 1.54) is 4.68 Å². The van der Waals surface area contributed by atoms with Crippen LogP contribution in [0.5, 0.6) is 0 Å². The first-order valence-corrected chi connectivity index (χ1v) is 6.39. The van der Waals surface area contributed by atoms with E-state index < -0.39 is 0 Å². The van der Waals surface area contributed by atoms with Gasteiger partial charge in [-0.1, -0.05) is 11.6 Å². The Kier molecular flexibility index (Phi) is 3.90. The fourth-order valence-electron chi connectivity index (χ4n) is 1.72. The minimum absolute atomic E-state index is 0.165. The van der Waals surface area contributed by atoms with E-state index >= 15 is 0 Å². The van der Waals surface area contributed by atoms with Crippen molar-refractivity contribution in [1.82, 2.24) is 19.6 Å². The summed E-state index contributed by atoms with van der Waals surface area (Å²) in [6, 6.07) is 0. The molecule has 2 heterocycles. The number of halogens is 1. The Bertz CT molecular complexity index is 646. The van der Waals surface area contributed by atoms with Crippen LogP contribution in [0.15, 0.2) is 17.2 Å². The third-order valence-electron chi connectivity index (χ3n) is 3.09. The molecule has 0 aliphatic carbocycles. The zero-order valence-corrected chi connectivity index (χ0v) is 11.9. The first-order valence-electron chi connectivity index (χ1n) is 6.01. The summed E-state index contributed by atoms with van der Waals surface area (Å²) in [5, 5.41) is 11.5. The largest absolute Gasteiger partial charge is 0.378 e. The van der Waals surface area contributed by atoms with Gasteiger partial charge in [0.2, 0.25) is 0 Å². The molecular formula is C12H16ClN5O. The normalized spacial score (nSPS) is 10.7. The van der Waals surface area contributed by atoms with Gasteiger partial charge in [0.15, 0.2) is 0 Å². The van der Waals surface area contributed by atoms with Crippen molar-refractivity contribution in [3.05, 3.63) is 39.0 Å². The maximum Gasteiger partial charge on any atom is 0.287 e. The molecule has 0 amide bonds. The van der Waals surface area contributed by atoms with E-state index in [0.29, 0.717) is 18.8 Å². The zero-order chi connectivity index (χ0) is 14.0. The molecular weight excluding hydrogens is 266 g/mol. The first-order chi connectivity index (χ1) is 9.04. The van der Waals surface area contributed by atoms with E-state index in [0.717, 1.165) is 11.3 Å². The molecule has 0 saturated heterocycles. The van der Waals surface area contributed by atoms with Crippen LogP contribution in [0.3, 0.4) is 0 Å². The highest BCUT2D eigenvalue weighted by molar-refractivity contribution is 6.32. The van der Waals surface area contributed by atoms with Crippen molar-refractivity contribution in [3.63, 3.8) is 0 Å². The highest BCUT2D eigenvalue weighted by Gasteiger charge is 2.09. The van der Waals surface area contributed by atoms with Gasteiger partial charge in [-0.2, -0.15) is 10.2 Å². The van der Waals surface area contributed by atoms with Crippen molar-refractivity contribution in [2.75, 3.05) is 5.32 Å². The third kappa shape index (κ3) is 2.63. The summed E-state index contributed by atoms with van der Waals surface area (Å²) in [4.78, 5) is 11.8. The van der Waals surface area contributed by atoms with Crippen LogP contribution in [-0.4, -0.2) is 19.6 Å². The Morgan fingerprint density at radius 1 is 1.37 bits per heavy atom. The zero-order valence-electron chi connectivity index (χ0n) is 11.1. The Morgan fingerprint density at radius 2 is 2.11 bits per heavy atom. The lowest BCUT2D eigenvalue weighted by molar-refractivity contribution is 0.616. The van der Waals surface area contributed by atoms with Crippen LogP contribution in [0, 0.1) is 6.92 Å². The number of aromatic nitrogens is 4. The lowest BCUT2D eigenvalue weighted by atomic mass is 10.2. The smallest absolute Gasteiger partial charge is 0.287 e. The van der Waals surface area contributed by atoms with Crippen molar-refractivity contribution < 1.29 is 0 Å². The average molecular weight is 282 g/mol. The minimum Gasteiger partial charge on any atom is -0.378 e. The fourth-order valence-corrected chi connectivity index (χ4v) is 1.93. The van der Waals surface area contributed by atoms with Crippen molar-refractivity contribution >= 4 is 17.3 Å². The SMILES string of the molecule is CCn1ncc(NCc2cnn(C)c2C)c(Cl)c1=O. The summed E-state index contributed by atoms with van der Waals surface area (Å²) >= 11 is 6.03. The quantitative estimate of drug-likeness (QED) is 0.924. The number of hydrogen-bond donors (Lipinski definition) is 1. The standard InChI is InChI=1S/C12H16ClN5O/c1-4-18-12(19)11(13)10(7-16-18)14-5-9-6-15-17(3)8(9)2/h6-7,14H,4-5H2,1-3H3. The summed E-state index contributed by atoms with van der Waals surface area (Å²) < 4.78 is 3.12. The summed E-state index contributed by atoms with van der Waals surface area (Å²) in [6.07, 6.45) is 3.36. The van der Waals surface area contributed by atoms with Crippen LogP contribution in [0.1, 0.15) is 18.2 Å². The Morgan fingerprint density at radius 3 is 2.68 bits per heavy atom. The van der Waals surface area contributed by atoms with Gasteiger partial charge in [0, 0.05) is 31.4 Å². The van der Waals surface area contributed by atoms with Crippen molar-refractivity contribution in [2.45, 2.75) is 26.9 Å². The molecule has 2 rings (SSSR count). The molecule has 2 aromatic rings. The molecule has 0 aliphatic heterocycles. The summed E-state index contributed by atoms with van der Waals surface area (Å²) in [7, 11) is 1.88. The van der Waals surface area contributed by atoms with Crippen LogP contribution >= 0.6 is 11.6 Å². The maximum atomic E-state index is 11.8. The van der Waals surface area contributed by atoms with E-state index in [4.69, 9.17) is 11.6 Å². The predicted octanol–water partition coefficient (Wildman–Crippen LogP) is 1.57. The molecule has 0 spiro atoms. The van der Waals surface area contributed by atoms with Crippen LogP contribution in [0.25, 0.3) is 0 Å². The van der Waals surface area contributed by atoms with E-state index in [2.05, 4.69) is 15.5 Å². The van der Waals surface area contributed by atoms with Gasteiger partial charge in [-0.25, -0.2) is 4.68 Å². The molecule has 102 valence electrons. The fraction of sp³-hybridized carbons (Fsp3) is 0.417. The highest BCUT2D eigenvalue weighted by Crippen LogP contribution is 2.17. The van der Waals surface area contributed by atoms with Gasteiger partial charge < -0.3 is 5.32 Å². The van der Waals surface area contributed by atoms with Gasteiger partial charge in [-0.15, -0.1) is 0 Å². The second kappa shape index (κ2) is 5.44. The molecule has 0 unspecified atom stereocenters. The molecule has 0 fully saturated rings. The summed E-state index contributed by atoms with van der Waals surface area (Å²) in [5.74, 6) is 0. The van der Waals surface area contributed by atoms with E-state index in [-0.39, 0.29) is 10.6 Å². The van der Waals surface area contributed by atoms with Gasteiger partial charge in [0.05, 0.1) is 18.1 Å². The number of hydrogen-bond acceptors (Lipinski definition) is 4. The molecule has 0 bridgehead atoms. The Balaban J connectivity index is 2.19. The molecule has 0 aromatic carbocycles. The van der Waals surface area contributed by atoms with Gasteiger partial charge in [0.1, 0.15) is 5.02 Å². The van der Waals surface area contributed by atoms with Crippen LogP contribution < -0.4 is 10.9 Å². The molecule has 7 heteroatoms. The van der Waals surface area contributed by atoms with Crippen LogP contribution in [0.4, 0.5) is 5.69 Å². The average Bonchev–Trinajstić information content (AvgIpc) is 2.72. The topological polar surface area (TPSA) is 64.7 Å². The van der Waals surface area contributed by atoms with Gasteiger partial charge in [-0.3, -0.25) is 9.48 Å². The molecule has 0 atom stereocenters. The number of rotatable bonds is 4. The Hall–Kier alpha value is -1.82. The Labute approximate surface area is 116 Å². The maximum absolute atomic E-state index is 11.8. The van der Waals surface area contributed by atoms with Gasteiger partial charge in [-0.05, 0) is 13.8 Å². The lowest BCUT2D eigenvalue weighted by Gasteiger charge is -2.09. The van der Waals surface area contributed by atoms with Gasteiger partial charge in [0.25, 0.3) is 5.56 Å². The number of nitrogens with zero attached hydrogens (tertiary/aromatic N) is 4. The van der Waals surface area contributed by atoms with E-state index in [1.807, 2.05) is 20.9 Å². The van der Waals surface area contributed by atoms with Crippen LogP contribution in [0.2, 0.25) is 5.02 Å². The number of nitrogens with one attached hydrogen (secondary N) is 1. The highest BCUT2D eigenvalue weighted by atomic mass is 35.5. The van der Waals surface area contributed by atoms with Crippen molar-refractivity contribution in [1.29, 1.82) is 0 Å². The second-order valence-corrected chi connectivity index (χ2v) is 4.60. The summed E-state index contributed by atoms with van der Waals surface area (Å²) in [5.41, 5.74) is 2.38. The molecule has 6 nitrogen and oxygen atoms in total. The molecule has 19 heavy (non-hydrogen) atoms. The molecule has 2 aromatic heterocycles. The van der Waals surface area contributed by atoms with Gasteiger partial charge >= 0.3 is 0 Å². The van der Waals surface area contributed by atoms with E-state index in [1.54, 1.807) is 17.1 Å². The first kappa shape index (κ1) is 13.6. The van der Waals surface area contributed by atoms with Crippen molar-refractivity contribution in [2.24, 2.45) is 7.05 Å². The molecule has 0 aliphatic rings. The third-order valence-corrected chi connectivity index (χ3v) is 3.46. The molecule has 0 saturated carbocycles.